The zero-order chi connectivity index (χ0) is 24.6. The van der Waals surface area contributed by atoms with Crippen LogP contribution in [0.5, 0.6) is 5.75 Å². The molecule has 1 amide bonds. The Labute approximate surface area is 193 Å². The van der Waals surface area contributed by atoms with Crippen molar-refractivity contribution < 1.29 is 27.1 Å². The van der Waals surface area contributed by atoms with E-state index in [-0.39, 0.29) is 27.8 Å². The molecule has 1 atom stereocenters. The first-order chi connectivity index (χ1) is 15.3. The molecule has 3 rings (SSSR count). The second-order valence-corrected chi connectivity index (χ2v) is 10.1. The number of sulfonamides is 1. The van der Waals surface area contributed by atoms with Crippen LogP contribution in [0.2, 0.25) is 0 Å². The molecule has 1 aliphatic heterocycles. The Balaban J connectivity index is 1.90. The number of nitrogens with one attached hydrogen (secondary N) is 1. The maximum absolute atomic E-state index is 14.7. The Morgan fingerprint density at radius 2 is 1.97 bits per heavy atom. The van der Waals surface area contributed by atoms with Gasteiger partial charge >= 0.3 is 0 Å². The van der Waals surface area contributed by atoms with Crippen molar-refractivity contribution in [2.75, 3.05) is 23.8 Å². The van der Waals surface area contributed by atoms with E-state index in [0.29, 0.717) is 17.9 Å². The van der Waals surface area contributed by atoms with E-state index in [2.05, 4.69) is 4.72 Å². The number of benzene rings is 2. The summed E-state index contributed by atoms with van der Waals surface area (Å²) in [7, 11) is -1.24. The van der Waals surface area contributed by atoms with Gasteiger partial charge in [-0.15, -0.1) is 0 Å². The molecule has 0 bridgehead atoms. The number of nitrogens with zero attached hydrogens (tertiary/aromatic N) is 1. The van der Waals surface area contributed by atoms with Gasteiger partial charge in [0, 0.05) is 24.7 Å². The molecule has 2 aromatic rings. The van der Waals surface area contributed by atoms with E-state index < -0.39 is 27.5 Å². The van der Waals surface area contributed by atoms with Gasteiger partial charge in [-0.2, -0.15) is 0 Å². The third-order valence-corrected chi connectivity index (χ3v) is 6.61. The summed E-state index contributed by atoms with van der Waals surface area (Å²) < 4.78 is 54.0. The fraction of sp³-hybridized carbons (Fsp3) is 0.348. The van der Waals surface area contributed by atoms with Crippen molar-refractivity contribution in [1.29, 1.82) is 0 Å². The minimum absolute atomic E-state index is 0.0907. The molecule has 0 aliphatic carbocycles. The topological polar surface area (TPSA) is 111 Å². The Morgan fingerprint density at radius 1 is 1.27 bits per heavy atom. The Kier molecular flexibility index (Phi) is 6.71. The molecule has 0 radical (unpaired) electrons. The number of hydrogen-bond donors (Lipinski definition) is 2. The summed E-state index contributed by atoms with van der Waals surface area (Å²) in [5.41, 5.74) is 5.55. The highest BCUT2D eigenvalue weighted by Crippen LogP contribution is 2.34. The Hall–Kier alpha value is -3.11. The fourth-order valence-electron chi connectivity index (χ4n) is 3.46. The van der Waals surface area contributed by atoms with Gasteiger partial charge in [-0.25, -0.2) is 12.8 Å². The van der Waals surface area contributed by atoms with Crippen LogP contribution in [0.1, 0.15) is 38.9 Å². The van der Waals surface area contributed by atoms with Gasteiger partial charge in [0.15, 0.2) is 0 Å². The number of carbonyl (C=O) groups excluding carboxylic acids is 1. The SMILES string of the molecule is COc1ccc(N(C)C(=O)C(C)(C)N)cc1NS(=O)(=O)c1ccc(C2CC=C(C)O2)c(F)c1. The molecule has 3 N–H and O–H groups in total. The Morgan fingerprint density at radius 3 is 2.52 bits per heavy atom. The zero-order valence-electron chi connectivity index (χ0n) is 19.2. The van der Waals surface area contributed by atoms with E-state index in [1.54, 1.807) is 26.8 Å². The minimum Gasteiger partial charge on any atom is -0.495 e. The largest absolute Gasteiger partial charge is 0.495 e. The van der Waals surface area contributed by atoms with Crippen molar-refractivity contribution >= 4 is 27.3 Å². The van der Waals surface area contributed by atoms with Gasteiger partial charge < -0.3 is 20.1 Å². The van der Waals surface area contributed by atoms with Crippen LogP contribution in [-0.4, -0.2) is 34.0 Å². The van der Waals surface area contributed by atoms with E-state index in [9.17, 15) is 17.6 Å². The molecule has 8 nitrogen and oxygen atoms in total. The number of ether oxygens (including phenoxy) is 2. The third-order valence-electron chi connectivity index (χ3n) is 5.25. The number of nitrogens with two attached hydrogens (primary N) is 1. The van der Waals surface area contributed by atoms with Crippen LogP contribution in [0, 0.1) is 5.82 Å². The molecular weight excluding hydrogens is 449 g/mol. The van der Waals surface area contributed by atoms with Crippen molar-refractivity contribution in [2.24, 2.45) is 5.73 Å². The van der Waals surface area contributed by atoms with Gasteiger partial charge in [-0.1, -0.05) is 6.07 Å². The van der Waals surface area contributed by atoms with Crippen LogP contribution in [0.15, 0.2) is 53.1 Å². The zero-order valence-corrected chi connectivity index (χ0v) is 20.0. The monoisotopic (exact) mass is 477 g/mol. The van der Waals surface area contributed by atoms with Crippen LogP contribution in [0.4, 0.5) is 15.8 Å². The molecule has 10 heteroatoms. The van der Waals surface area contributed by atoms with Crippen molar-refractivity contribution in [2.45, 2.75) is 43.7 Å². The molecule has 33 heavy (non-hydrogen) atoms. The molecule has 1 unspecified atom stereocenters. The number of rotatable bonds is 7. The van der Waals surface area contributed by atoms with Crippen LogP contribution < -0.4 is 20.1 Å². The highest BCUT2D eigenvalue weighted by Gasteiger charge is 2.28. The lowest BCUT2D eigenvalue weighted by Crippen LogP contribution is -2.49. The lowest BCUT2D eigenvalue weighted by Gasteiger charge is -2.26. The standard InChI is InChI=1S/C23H28FN3O5S/c1-14-6-10-20(32-14)17-9-8-16(13-18(17)24)33(29,30)26-19-12-15(7-11-21(19)31-5)27(4)22(28)23(2,3)25/h6-9,11-13,20,26H,10,25H2,1-5H3. The maximum atomic E-state index is 14.7. The Bertz CT molecular complexity index is 1210. The third kappa shape index (κ3) is 5.28. The number of allylic oxidation sites excluding steroid dienone is 1. The van der Waals surface area contributed by atoms with Gasteiger partial charge in [0.2, 0.25) is 5.91 Å². The number of amides is 1. The number of methoxy groups -OCH3 is 1. The highest BCUT2D eigenvalue weighted by molar-refractivity contribution is 7.92. The summed E-state index contributed by atoms with van der Waals surface area (Å²) in [6.45, 7) is 4.93. The van der Waals surface area contributed by atoms with E-state index in [1.807, 2.05) is 6.08 Å². The molecule has 0 saturated carbocycles. The van der Waals surface area contributed by atoms with E-state index in [4.69, 9.17) is 15.2 Å². The second kappa shape index (κ2) is 9.03. The average molecular weight is 478 g/mol. The molecule has 0 saturated heterocycles. The smallest absolute Gasteiger partial charge is 0.262 e. The lowest BCUT2D eigenvalue weighted by atomic mass is 10.1. The van der Waals surface area contributed by atoms with E-state index >= 15 is 0 Å². The average Bonchev–Trinajstić information content (AvgIpc) is 3.17. The first-order valence-corrected chi connectivity index (χ1v) is 11.7. The molecule has 2 aromatic carbocycles. The molecular formula is C23H28FN3O5S. The van der Waals surface area contributed by atoms with Gasteiger partial charge in [-0.05, 0) is 57.2 Å². The number of carbonyl (C=O) groups is 1. The van der Waals surface area contributed by atoms with Gasteiger partial charge in [0.05, 0.1) is 29.0 Å². The van der Waals surface area contributed by atoms with Crippen molar-refractivity contribution in [3.8, 4) is 5.75 Å². The van der Waals surface area contributed by atoms with Crippen LogP contribution in [-0.2, 0) is 19.6 Å². The van der Waals surface area contributed by atoms with Crippen molar-refractivity contribution in [3.63, 3.8) is 0 Å². The molecule has 1 heterocycles. The molecule has 0 fully saturated rings. The minimum atomic E-state index is -4.16. The highest BCUT2D eigenvalue weighted by atomic mass is 32.2. The summed E-state index contributed by atoms with van der Waals surface area (Å²) in [6.07, 6.45) is 1.89. The quantitative estimate of drug-likeness (QED) is 0.629. The molecule has 178 valence electrons. The summed E-state index contributed by atoms with van der Waals surface area (Å²) in [5, 5.41) is 0. The summed E-state index contributed by atoms with van der Waals surface area (Å²) in [5.74, 6) is -0.111. The summed E-state index contributed by atoms with van der Waals surface area (Å²) in [4.78, 5) is 13.6. The van der Waals surface area contributed by atoms with E-state index in [1.165, 1.54) is 43.3 Å². The fourth-order valence-corrected chi connectivity index (χ4v) is 4.53. The molecule has 0 aromatic heterocycles. The lowest BCUT2D eigenvalue weighted by molar-refractivity contribution is -0.122. The summed E-state index contributed by atoms with van der Waals surface area (Å²) in [6, 6.07) is 8.26. The maximum Gasteiger partial charge on any atom is 0.262 e. The van der Waals surface area contributed by atoms with Crippen molar-refractivity contribution in [1.82, 2.24) is 0 Å². The summed E-state index contributed by atoms with van der Waals surface area (Å²) >= 11 is 0. The molecule has 1 aliphatic rings. The predicted molar refractivity (Wildman–Crippen MR) is 124 cm³/mol. The van der Waals surface area contributed by atoms with Gasteiger partial charge in [0.1, 0.15) is 17.7 Å². The van der Waals surface area contributed by atoms with Crippen molar-refractivity contribution in [3.05, 3.63) is 59.6 Å². The van der Waals surface area contributed by atoms with E-state index in [0.717, 1.165) is 6.07 Å². The first-order valence-electron chi connectivity index (χ1n) is 10.2. The number of hydrogen-bond acceptors (Lipinski definition) is 6. The van der Waals surface area contributed by atoms with Gasteiger partial charge in [0.25, 0.3) is 10.0 Å². The number of halogens is 1. The van der Waals surface area contributed by atoms with Crippen LogP contribution in [0.25, 0.3) is 0 Å². The number of anilines is 2. The van der Waals surface area contributed by atoms with Gasteiger partial charge in [-0.3, -0.25) is 9.52 Å². The normalized spacial score (nSPS) is 16.1. The molecule has 0 spiro atoms. The number of likely N-dealkylation sites (N-methyl/N-ethyl adjacent to an activating group) is 1. The second-order valence-electron chi connectivity index (χ2n) is 8.42. The first kappa shape index (κ1) is 24.5. The predicted octanol–water partition coefficient (Wildman–Crippen LogP) is 3.70. The van der Waals surface area contributed by atoms with Crippen LogP contribution in [0.3, 0.4) is 0 Å². The van der Waals surface area contributed by atoms with Crippen LogP contribution >= 0.6 is 0 Å².